The van der Waals surface area contributed by atoms with E-state index in [9.17, 15) is 43.2 Å². The molecule has 0 aliphatic heterocycles. The number of phosphoric acid groups is 2. The van der Waals surface area contributed by atoms with E-state index in [2.05, 4.69) is 34.6 Å². The molecule has 0 saturated carbocycles. The minimum atomic E-state index is -4.96. The second-order valence-corrected chi connectivity index (χ2v) is 34.0. The van der Waals surface area contributed by atoms with Gasteiger partial charge in [-0.2, -0.15) is 0 Å². The average Bonchev–Trinajstić information content (AvgIpc) is 0.953. The molecule has 17 nitrogen and oxygen atoms in total. The Morgan fingerprint density at radius 3 is 0.654 bits per heavy atom. The number of unbranched alkanes of at least 4 members (excludes halogenated alkanes) is 57. The number of esters is 4. The Hall–Kier alpha value is -1.94. The number of hydrogen-bond donors (Lipinski definition) is 3. The lowest BCUT2D eigenvalue weighted by Crippen LogP contribution is -2.30. The Balaban J connectivity index is 5.18. The highest BCUT2D eigenvalue weighted by Gasteiger charge is 2.30. The number of phosphoric ester groups is 2. The van der Waals surface area contributed by atoms with E-state index in [1.54, 1.807) is 0 Å². The molecule has 5 atom stereocenters. The summed E-state index contributed by atoms with van der Waals surface area (Å²) < 4.78 is 68.8. The third kappa shape index (κ3) is 78.2. The third-order valence-corrected chi connectivity index (χ3v) is 21.9. The number of aliphatic hydroxyl groups is 1. The predicted molar refractivity (Wildman–Crippen MR) is 428 cm³/mol. The number of ether oxygens (including phenoxy) is 4. The predicted octanol–water partition coefficient (Wildman–Crippen LogP) is 26.0. The van der Waals surface area contributed by atoms with E-state index in [0.29, 0.717) is 25.7 Å². The normalized spacial score (nSPS) is 13.8. The molecule has 0 radical (unpaired) electrons. The standard InChI is InChI=1S/C85H166O17P2/c1-6-9-12-15-18-21-23-25-27-29-30-31-32-33-35-37-43-47-51-56-61-66-71-85(90)102-81(75-96-83(88)69-64-59-54-49-45-41-39-38-40-44-48-52-57-62-67-78(4)5)77-100-104(93,94)98-73-79(86)72-97-103(91,92)99-76-80(74-95-82(87)68-63-58-53-20-17-14-11-8-3)101-84(89)70-65-60-55-50-46-42-36-34-28-26-24-22-19-16-13-10-7-2/h78-81,86H,6-77H2,1-5H3,(H,91,92)(H,93,94)/t79-,80+,81+/m0/s1. The Labute approximate surface area is 638 Å². The monoisotopic (exact) mass is 1520 g/mol. The summed E-state index contributed by atoms with van der Waals surface area (Å²) in [7, 11) is -9.92. The Kier molecular flexibility index (Phi) is 76.3. The van der Waals surface area contributed by atoms with Crippen LogP contribution >= 0.6 is 15.6 Å². The van der Waals surface area contributed by atoms with E-state index in [0.717, 1.165) is 95.8 Å². The van der Waals surface area contributed by atoms with Crippen molar-refractivity contribution in [3.05, 3.63) is 0 Å². The van der Waals surface area contributed by atoms with Crippen LogP contribution in [0.2, 0.25) is 0 Å². The van der Waals surface area contributed by atoms with Crippen LogP contribution in [-0.4, -0.2) is 96.7 Å². The zero-order chi connectivity index (χ0) is 76.2. The number of carbonyl (C=O) groups excluding carboxylic acids is 4. The van der Waals surface area contributed by atoms with Crippen molar-refractivity contribution in [2.75, 3.05) is 39.6 Å². The van der Waals surface area contributed by atoms with Crippen LogP contribution < -0.4 is 0 Å². The maximum Gasteiger partial charge on any atom is 0.472 e. The quantitative estimate of drug-likeness (QED) is 0.0222. The lowest BCUT2D eigenvalue weighted by molar-refractivity contribution is -0.161. The van der Waals surface area contributed by atoms with Crippen LogP contribution in [0.5, 0.6) is 0 Å². The highest BCUT2D eigenvalue weighted by atomic mass is 31.2. The summed E-state index contributed by atoms with van der Waals surface area (Å²) in [6, 6.07) is 0. The molecule has 0 saturated heterocycles. The highest BCUT2D eigenvalue weighted by molar-refractivity contribution is 7.47. The van der Waals surface area contributed by atoms with Crippen LogP contribution in [0.15, 0.2) is 0 Å². The first kappa shape index (κ1) is 102. The van der Waals surface area contributed by atoms with Crippen molar-refractivity contribution in [3.63, 3.8) is 0 Å². The first-order valence-electron chi connectivity index (χ1n) is 44.1. The van der Waals surface area contributed by atoms with Gasteiger partial charge in [0.15, 0.2) is 12.2 Å². The summed E-state index contributed by atoms with van der Waals surface area (Å²) in [4.78, 5) is 73.1. The van der Waals surface area contributed by atoms with Gasteiger partial charge in [0.05, 0.1) is 26.4 Å². The van der Waals surface area contributed by atoms with E-state index in [1.165, 1.54) is 283 Å². The fourth-order valence-electron chi connectivity index (χ4n) is 13.3. The number of rotatable bonds is 85. The van der Waals surface area contributed by atoms with Crippen molar-refractivity contribution in [2.45, 2.75) is 477 Å². The third-order valence-electron chi connectivity index (χ3n) is 20.0. The molecule has 0 amide bonds. The van der Waals surface area contributed by atoms with Gasteiger partial charge in [0, 0.05) is 25.7 Å². The summed E-state index contributed by atoms with van der Waals surface area (Å²) in [5.41, 5.74) is 0. The maximum atomic E-state index is 13.1. The van der Waals surface area contributed by atoms with Crippen molar-refractivity contribution in [2.24, 2.45) is 5.92 Å². The van der Waals surface area contributed by atoms with Crippen LogP contribution in [0, 0.1) is 5.92 Å². The van der Waals surface area contributed by atoms with Gasteiger partial charge < -0.3 is 33.8 Å². The van der Waals surface area contributed by atoms with Gasteiger partial charge in [-0.15, -0.1) is 0 Å². The molecule has 0 bridgehead atoms. The van der Waals surface area contributed by atoms with Crippen molar-refractivity contribution in [1.82, 2.24) is 0 Å². The van der Waals surface area contributed by atoms with Gasteiger partial charge in [-0.25, -0.2) is 9.13 Å². The van der Waals surface area contributed by atoms with E-state index in [1.807, 2.05) is 0 Å². The minimum absolute atomic E-state index is 0.109. The summed E-state index contributed by atoms with van der Waals surface area (Å²) in [6.45, 7) is 7.35. The molecule has 0 aliphatic rings. The summed E-state index contributed by atoms with van der Waals surface area (Å²) in [5.74, 6) is -1.31. The van der Waals surface area contributed by atoms with Gasteiger partial charge in [0.2, 0.25) is 0 Å². The van der Waals surface area contributed by atoms with Crippen molar-refractivity contribution in [3.8, 4) is 0 Å². The summed E-state index contributed by atoms with van der Waals surface area (Å²) in [5, 5.41) is 10.7. The van der Waals surface area contributed by atoms with Gasteiger partial charge in [-0.1, -0.05) is 407 Å². The molecule has 104 heavy (non-hydrogen) atoms. The Bertz CT molecular complexity index is 1980. The lowest BCUT2D eigenvalue weighted by Gasteiger charge is -2.21. The zero-order valence-electron chi connectivity index (χ0n) is 68.2. The lowest BCUT2D eigenvalue weighted by atomic mass is 10.0. The molecular weight excluding hydrogens is 1350 g/mol. The van der Waals surface area contributed by atoms with Gasteiger partial charge in [-0.05, 0) is 31.6 Å². The molecule has 0 aliphatic carbocycles. The van der Waals surface area contributed by atoms with Gasteiger partial charge in [-0.3, -0.25) is 37.3 Å². The highest BCUT2D eigenvalue weighted by Crippen LogP contribution is 2.45. The van der Waals surface area contributed by atoms with Gasteiger partial charge >= 0.3 is 39.5 Å². The molecule has 0 heterocycles. The van der Waals surface area contributed by atoms with Crippen molar-refractivity contribution in [1.29, 1.82) is 0 Å². The average molecular weight is 1520 g/mol. The molecule has 0 fully saturated rings. The second kappa shape index (κ2) is 77.8. The fraction of sp³-hybridized carbons (Fsp3) is 0.953. The van der Waals surface area contributed by atoms with Crippen LogP contribution in [0.25, 0.3) is 0 Å². The number of aliphatic hydroxyl groups excluding tert-OH is 1. The zero-order valence-corrected chi connectivity index (χ0v) is 70.0. The van der Waals surface area contributed by atoms with Crippen LogP contribution in [0.1, 0.15) is 458 Å². The molecule has 0 aromatic heterocycles. The minimum Gasteiger partial charge on any atom is -0.462 e. The van der Waals surface area contributed by atoms with Crippen molar-refractivity contribution < 1.29 is 80.2 Å². The van der Waals surface area contributed by atoms with E-state index >= 15 is 0 Å². The first-order chi connectivity index (χ1) is 50.5. The molecule has 618 valence electrons. The van der Waals surface area contributed by atoms with Gasteiger partial charge in [0.1, 0.15) is 19.3 Å². The summed E-state index contributed by atoms with van der Waals surface area (Å²) >= 11 is 0. The summed E-state index contributed by atoms with van der Waals surface area (Å²) in [6.07, 6.45) is 71.0. The number of carbonyl (C=O) groups is 4. The Morgan fingerprint density at radius 2 is 0.442 bits per heavy atom. The topological polar surface area (TPSA) is 237 Å². The fourth-order valence-corrected chi connectivity index (χ4v) is 14.9. The van der Waals surface area contributed by atoms with Crippen molar-refractivity contribution >= 4 is 39.5 Å². The smallest absolute Gasteiger partial charge is 0.462 e. The molecular formula is C85H166O17P2. The Morgan fingerprint density at radius 1 is 0.260 bits per heavy atom. The first-order valence-corrected chi connectivity index (χ1v) is 47.1. The molecule has 19 heteroatoms. The van der Waals surface area contributed by atoms with Crippen LogP contribution in [-0.2, 0) is 65.4 Å². The van der Waals surface area contributed by atoms with E-state index < -0.39 is 97.5 Å². The van der Waals surface area contributed by atoms with Gasteiger partial charge in [0.25, 0.3) is 0 Å². The molecule has 0 aromatic carbocycles. The van der Waals surface area contributed by atoms with Crippen LogP contribution in [0.3, 0.4) is 0 Å². The molecule has 0 rings (SSSR count). The molecule has 0 aromatic rings. The van der Waals surface area contributed by atoms with E-state index in [4.69, 9.17) is 37.0 Å². The van der Waals surface area contributed by atoms with E-state index in [-0.39, 0.29) is 25.7 Å². The second-order valence-electron chi connectivity index (χ2n) is 31.1. The largest absolute Gasteiger partial charge is 0.472 e. The molecule has 2 unspecified atom stereocenters. The maximum absolute atomic E-state index is 13.1. The van der Waals surface area contributed by atoms with Crippen LogP contribution in [0.4, 0.5) is 0 Å². The number of hydrogen-bond acceptors (Lipinski definition) is 15. The SMILES string of the molecule is CCCCCCCCCCCCCCCCCCCCCCCCC(=O)O[C@H](COC(=O)CCCCCCCCCCCCCCCCC(C)C)COP(=O)(O)OC[C@@H](O)COP(=O)(O)OC[C@@H](COC(=O)CCCCCCCCCC)OC(=O)CCCCCCCCCCCCCCCCCCC. The molecule has 3 N–H and O–H groups in total. The molecule has 0 spiro atoms.